The third-order valence-electron chi connectivity index (χ3n) is 1.63. The number of rotatable bonds is 2. The van der Waals surface area contributed by atoms with E-state index in [1.807, 2.05) is 0 Å². The SMILES string of the molecule is COC(=O)c1cncc(Br)c1S(C)(=O)=O. The molecule has 0 spiro atoms. The van der Waals surface area contributed by atoms with Crippen molar-refractivity contribution in [2.24, 2.45) is 0 Å². The summed E-state index contributed by atoms with van der Waals surface area (Å²) in [5.74, 6) is -0.732. The Labute approximate surface area is 95.5 Å². The number of nitrogens with zero attached hydrogens (tertiary/aromatic N) is 1. The molecule has 0 aliphatic carbocycles. The van der Waals surface area contributed by atoms with Crippen LogP contribution in [0.2, 0.25) is 0 Å². The maximum absolute atomic E-state index is 11.4. The molecule has 15 heavy (non-hydrogen) atoms. The summed E-state index contributed by atoms with van der Waals surface area (Å²) in [6.07, 6.45) is 3.48. The minimum atomic E-state index is -3.51. The topological polar surface area (TPSA) is 73.3 Å². The molecule has 82 valence electrons. The third-order valence-corrected chi connectivity index (χ3v) is 3.67. The first kappa shape index (κ1) is 12.1. The minimum Gasteiger partial charge on any atom is -0.465 e. The van der Waals surface area contributed by atoms with Crippen molar-refractivity contribution < 1.29 is 17.9 Å². The van der Waals surface area contributed by atoms with Gasteiger partial charge in [0.1, 0.15) is 0 Å². The normalized spacial score (nSPS) is 11.1. The lowest BCUT2D eigenvalue weighted by Gasteiger charge is -2.06. The summed E-state index contributed by atoms with van der Waals surface area (Å²) >= 11 is 3.03. The maximum Gasteiger partial charge on any atom is 0.340 e. The molecule has 0 N–H and O–H groups in total. The van der Waals surface area contributed by atoms with Crippen molar-refractivity contribution >= 4 is 31.7 Å². The predicted octanol–water partition coefficient (Wildman–Crippen LogP) is 1.03. The largest absolute Gasteiger partial charge is 0.465 e. The van der Waals surface area contributed by atoms with E-state index in [1.54, 1.807) is 0 Å². The van der Waals surface area contributed by atoms with Crippen LogP contribution in [0.4, 0.5) is 0 Å². The molecule has 0 saturated carbocycles. The Hall–Kier alpha value is -0.950. The van der Waals surface area contributed by atoms with Crippen molar-refractivity contribution in [3.8, 4) is 0 Å². The molecule has 0 bridgehead atoms. The van der Waals surface area contributed by atoms with Crippen LogP contribution in [0, 0.1) is 0 Å². The van der Waals surface area contributed by atoms with Crippen LogP contribution in [0.1, 0.15) is 10.4 Å². The highest BCUT2D eigenvalue weighted by atomic mass is 79.9. The van der Waals surface area contributed by atoms with Gasteiger partial charge < -0.3 is 4.74 Å². The van der Waals surface area contributed by atoms with Crippen molar-refractivity contribution in [1.82, 2.24) is 4.98 Å². The van der Waals surface area contributed by atoms with Gasteiger partial charge in [-0.2, -0.15) is 0 Å². The van der Waals surface area contributed by atoms with E-state index in [0.717, 1.165) is 12.5 Å². The van der Waals surface area contributed by atoms with Crippen molar-refractivity contribution in [3.05, 3.63) is 22.4 Å². The lowest BCUT2D eigenvalue weighted by Crippen LogP contribution is -2.11. The molecule has 1 aromatic rings. The van der Waals surface area contributed by atoms with Crippen LogP contribution in [-0.4, -0.2) is 32.7 Å². The molecule has 0 amide bonds. The van der Waals surface area contributed by atoms with E-state index < -0.39 is 15.8 Å². The summed E-state index contributed by atoms with van der Waals surface area (Å²) in [5, 5.41) is 0. The molecular formula is C8H8BrNO4S. The van der Waals surface area contributed by atoms with E-state index in [4.69, 9.17) is 0 Å². The second-order valence-corrected chi connectivity index (χ2v) is 5.57. The van der Waals surface area contributed by atoms with Crippen LogP contribution in [0.5, 0.6) is 0 Å². The van der Waals surface area contributed by atoms with Crippen LogP contribution in [-0.2, 0) is 14.6 Å². The molecule has 0 aromatic carbocycles. The zero-order valence-electron chi connectivity index (χ0n) is 8.02. The number of methoxy groups -OCH3 is 1. The highest BCUT2D eigenvalue weighted by molar-refractivity contribution is 9.10. The summed E-state index contributed by atoms with van der Waals surface area (Å²) in [6.45, 7) is 0. The number of carbonyl (C=O) groups excluding carboxylic acids is 1. The molecule has 0 saturated heterocycles. The number of sulfone groups is 1. The lowest BCUT2D eigenvalue weighted by molar-refractivity contribution is 0.0595. The highest BCUT2D eigenvalue weighted by Crippen LogP contribution is 2.24. The van der Waals surface area contributed by atoms with E-state index in [0.29, 0.717) is 0 Å². The lowest BCUT2D eigenvalue weighted by atomic mass is 10.3. The number of halogens is 1. The summed E-state index contributed by atoms with van der Waals surface area (Å²) in [5.41, 5.74) is -0.0747. The highest BCUT2D eigenvalue weighted by Gasteiger charge is 2.22. The fraction of sp³-hybridized carbons (Fsp3) is 0.250. The first-order chi connectivity index (χ1) is 6.88. The van der Waals surface area contributed by atoms with Crippen LogP contribution < -0.4 is 0 Å². The summed E-state index contributed by atoms with van der Waals surface area (Å²) in [7, 11) is -2.33. The van der Waals surface area contributed by atoms with E-state index in [2.05, 4.69) is 25.7 Å². The summed E-state index contributed by atoms with van der Waals surface area (Å²) < 4.78 is 27.6. The standard InChI is InChI=1S/C8H8BrNO4S/c1-14-8(11)5-3-10-4-6(9)7(5)15(2,12)13/h3-4H,1-2H3. The molecule has 0 fully saturated rings. The number of aromatic nitrogens is 1. The fourth-order valence-electron chi connectivity index (χ4n) is 1.06. The van der Waals surface area contributed by atoms with Gasteiger partial charge >= 0.3 is 5.97 Å². The predicted molar refractivity (Wildman–Crippen MR) is 56.4 cm³/mol. The summed E-state index contributed by atoms with van der Waals surface area (Å²) in [4.78, 5) is 14.9. The Bertz CT molecular complexity index is 497. The van der Waals surface area contributed by atoms with Crippen LogP contribution in [0.25, 0.3) is 0 Å². The third kappa shape index (κ3) is 2.54. The van der Waals surface area contributed by atoms with Gasteiger partial charge in [0.05, 0.1) is 22.0 Å². The average Bonchev–Trinajstić information content (AvgIpc) is 2.14. The smallest absolute Gasteiger partial charge is 0.340 e. The van der Waals surface area contributed by atoms with Gasteiger partial charge in [-0.1, -0.05) is 0 Å². The Kier molecular flexibility index (Phi) is 3.46. The van der Waals surface area contributed by atoms with Crippen molar-refractivity contribution in [1.29, 1.82) is 0 Å². The molecule has 7 heteroatoms. The number of pyridine rings is 1. The van der Waals surface area contributed by atoms with Gasteiger partial charge in [-0.3, -0.25) is 4.98 Å². The fourth-order valence-corrected chi connectivity index (χ4v) is 3.21. The van der Waals surface area contributed by atoms with E-state index in [-0.39, 0.29) is 14.9 Å². The van der Waals surface area contributed by atoms with Crippen LogP contribution in [0.3, 0.4) is 0 Å². The molecule has 0 radical (unpaired) electrons. The Balaban J connectivity index is 3.54. The van der Waals surface area contributed by atoms with E-state index >= 15 is 0 Å². The van der Waals surface area contributed by atoms with Crippen molar-refractivity contribution in [3.63, 3.8) is 0 Å². The molecular weight excluding hydrogens is 286 g/mol. The van der Waals surface area contributed by atoms with Gasteiger partial charge in [0.2, 0.25) is 0 Å². The zero-order valence-corrected chi connectivity index (χ0v) is 10.4. The zero-order chi connectivity index (χ0) is 11.6. The van der Waals surface area contributed by atoms with Gasteiger partial charge in [0.25, 0.3) is 0 Å². The quantitative estimate of drug-likeness (QED) is 0.762. The minimum absolute atomic E-state index is 0.0747. The van der Waals surface area contributed by atoms with Crippen LogP contribution >= 0.6 is 15.9 Å². The molecule has 1 heterocycles. The molecule has 1 aromatic heterocycles. The van der Waals surface area contributed by atoms with Gasteiger partial charge in [-0.15, -0.1) is 0 Å². The van der Waals surface area contributed by atoms with Crippen molar-refractivity contribution in [2.75, 3.05) is 13.4 Å². The second-order valence-electron chi connectivity index (χ2n) is 2.76. The Morgan fingerprint density at radius 3 is 2.53 bits per heavy atom. The van der Waals surface area contributed by atoms with Crippen molar-refractivity contribution in [2.45, 2.75) is 4.90 Å². The number of ether oxygens (including phenoxy) is 1. The van der Waals surface area contributed by atoms with Crippen LogP contribution in [0.15, 0.2) is 21.8 Å². The molecule has 0 atom stereocenters. The number of hydrogen-bond acceptors (Lipinski definition) is 5. The van der Waals surface area contributed by atoms with Gasteiger partial charge in [0.15, 0.2) is 9.84 Å². The van der Waals surface area contributed by atoms with E-state index in [9.17, 15) is 13.2 Å². The first-order valence-corrected chi connectivity index (χ1v) is 6.48. The second kappa shape index (κ2) is 4.28. The average molecular weight is 294 g/mol. The molecule has 0 unspecified atom stereocenters. The van der Waals surface area contributed by atoms with Gasteiger partial charge in [-0.05, 0) is 15.9 Å². The molecule has 0 aliphatic rings. The molecule has 0 aliphatic heterocycles. The van der Waals surface area contributed by atoms with Gasteiger partial charge in [-0.25, -0.2) is 13.2 Å². The first-order valence-electron chi connectivity index (χ1n) is 3.79. The number of carbonyl (C=O) groups is 1. The Morgan fingerprint density at radius 1 is 1.47 bits per heavy atom. The summed E-state index contributed by atoms with van der Waals surface area (Å²) in [6, 6.07) is 0. The number of hydrogen-bond donors (Lipinski definition) is 0. The monoisotopic (exact) mass is 293 g/mol. The maximum atomic E-state index is 11.4. The molecule has 5 nitrogen and oxygen atoms in total. The Morgan fingerprint density at radius 2 is 2.07 bits per heavy atom. The molecule has 1 rings (SSSR count). The van der Waals surface area contributed by atoms with E-state index in [1.165, 1.54) is 13.3 Å². The van der Waals surface area contributed by atoms with Gasteiger partial charge in [0, 0.05) is 18.6 Å². The number of esters is 1.